The lowest BCUT2D eigenvalue weighted by atomic mass is 10.2. The lowest BCUT2D eigenvalue weighted by Gasteiger charge is -2.11. The van der Waals surface area contributed by atoms with E-state index in [4.69, 9.17) is 26.5 Å². The Hall–Kier alpha value is -1.57. The molecule has 0 aliphatic carbocycles. The van der Waals surface area contributed by atoms with Crippen molar-refractivity contribution in [2.24, 2.45) is 5.73 Å². The Labute approximate surface area is 137 Å². The van der Waals surface area contributed by atoms with Crippen molar-refractivity contribution in [1.82, 2.24) is 9.97 Å². The molecule has 0 saturated heterocycles. The molecule has 0 bridgehead atoms. The standard InChI is InChI=1S/C14H16ClN3O3S/c1-22-12-10(13(19)21-7-3-2-6-16)11(17-14(15)18-12)9-5-4-8-20-9/h4-5,8H,2-3,6-7,16H2,1H3. The van der Waals surface area contributed by atoms with E-state index in [2.05, 4.69) is 9.97 Å². The van der Waals surface area contributed by atoms with Crippen LogP contribution in [0.25, 0.3) is 11.5 Å². The first-order chi connectivity index (χ1) is 10.7. The van der Waals surface area contributed by atoms with Crippen molar-refractivity contribution in [2.45, 2.75) is 17.9 Å². The van der Waals surface area contributed by atoms with Crippen LogP contribution in [0.2, 0.25) is 5.28 Å². The van der Waals surface area contributed by atoms with E-state index >= 15 is 0 Å². The van der Waals surface area contributed by atoms with E-state index in [1.54, 1.807) is 18.4 Å². The minimum atomic E-state index is -0.496. The van der Waals surface area contributed by atoms with Gasteiger partial charge in [0.2, 0.25) is 5.28 Å². The Morgan fingerprint density at radius 3 is 2.91 bits per heavy atom. The molecule has 0 radical (unpaired) electrons. The molecule has 2 aromatic heterocycles. The molecule has 2 heterocycles. The van der Waals surface area contributed by atoms with Gasteiger partial charge in [-0.1, -0.05) is 0 Å². The summed E-state index contributed by atoms with van der Waals surface area (Å²) in [5.41, 5.74) is 6.01. The van der Waals surface area contributed by atoms with Crippen molar-refractivity contribution in [3.8, 4) is 11.5 Å². The lowest BCUT2D eigenvalue weighted by Crippen LogP contribution is -2.12. The highest BCUT2D eigenvalue weighted by atomic mass is 35.5. The molecule has 0 unspecified atom stereocenters. The Kier molecular flexibility index (Phi) is 6.23. The highest BCUT2D eigenvalue weighted by Gasteiger charge is 2.24. The molecule has 0 amide bonds. The molecule has 0 aliphatic rings. The van der Waals surface area contributed by atoms with Gasteiger partial charge in [-0.05, 0) is 49.4 Å². The lowest BCUT2D eigenvalue weighted by molar-refractivity contribution is 0.0494. The van der Waals surface area contributed by atoms with Gasteiger partial charge in [-0.15, -0.1) is 11.8 Å². The summed E-state index contributed by atoms with van der Waals surface area (Å²) in [7, 11) is 0. The number of hydrogen-bond acceptors (Lipinski definition) is 7. The average molecular weight is 342 g/mol. The molecule has 0 fully saturated rings. The number of unbranched alkanes of at least 4 members (excludes halogenated alkanes) is 1. The number of furan rings is 1. The predicted octanol–water partition coefficient (Wildman–Crippen LogP) is 3.01. The van der Waals surface area contributed by atoms with E-state index in [-0.39, 0.29) is 10.8 Å². The summed E-state index contributed by atoms with van der Waals surface area (Å²) in [6.07, 6.45) is 4.81. The molecule has 118 valence electrons. The van der Waals surface area contributed by atoms with Crippen LogP contribution in [0.1, 0.15) is 23.2 Å². The third-order valence-corrected chi connectivity index (χ3v) is 3.68. The Morgan fingerprint density at radius 2 is 2.27 bits per heavy atom. The fraction of sp³-hybridized carbons (Fsp3) is 0.357. The second-order valence-electron chi connectivity index (χ2n) is 4.33. The van der Waals surface area contributed by atoms with Gasteiger partial charge in [-0.3, -0.25) is 0 Å². The fourth-order valence-electron chi connectivity index (χ4n) is 1.82. The van der Waals surface area contributed by atoms with Gasteiger partial charge >= 0.3 is 5.97 Å². The van der Waals surface area contributed by atoms with Crippen molar-refractivity contribution in [1.29, 1.82) is 0 Å². The summed E-state index contributed by atoms with van der Waals surface area (Å²) < 4.78 is 10.6. The number of nitrogens with zero attached hydrogens (tertiary/aromatic N) is 2. The minimum absolute atomic E-state index is 0.0513. The van der Waals surface area contributed by atoms with Crippen LogP contribution in [-0.4, -0.2) is 35.3 Å². The van der Waals surface area contributed by atoms with Crippen LogP contribution in [-0.2, 0) is 4.74 Å². The zero-order chi connectivity index (χ0) is 15.9. The summed E-state index contributed by atoms with van der Waals surface area (Å²) in [5, 5.41) is 0.505. The maximum absolute atomic E-state index is 12.4. The third-order valence-electron chi connectivity index (χ3n) is 2.83. The number of thioether (sulfide) groups is 1. The third kappa shape index (κ3) is 4.00. The van der Waals surface area contributed by atoms with Crippen LogP contribution >= 0.6 is 23.4 Å². The number of halogens is 1. The highest BCUT2D eigenvalue weighted by molar-refractivity contribution is 7.98. The van der Waals surface area contributed by atoms with Crippen LogP contribution in [0, 0.1) is 0 Å². The van der Waals surface area contributed by atoms with Gasteiger partial charge in [0.15, 0.2) is 5.76 Å². The van der Waals surface area contributed by atoms with Gasteiger partial charge < -0.3 is 14.9 Å². The van der Waals surface area contributed by atoms with E-state index in [1.165, 1.54) is 18.0 Å². The quantitative estimate of drug-likeness (QED) is 0.272. The highest BCUT2D eigenvalue weighted by Crippen LogP contribution is 2.30. The Balaban J connectivity index is 2.33. The number of rotatable bonds is 7. The number of ether oxygens (including phenoxy) is 1. The second kappa shape index (κ2) is 8.17. The zero-order valence-electron chi connectivity index (χ0n) is 12.0. The topological polar surface area (TPSA) is 91.2 Å². The van der Waals surface area contributed by atoms with E-state index in [1.807, 2.05) is 0 Å². The van der Waals surface area contributed by atoms with Crippen molar-refractivity contribution < 1.29 is 13.9 Å². The van der Waals surface area contributed by atoms with Crippen LogP contribution in [0.3, 0.4) is 0 Å². The summed E-state index contributed by atoms with van der Waals surface area (Å²) >= 11 is 7.22. The van der Waals surface area contributed by atoms with Gasteiger partial charge in [0, 0.05) is 0 Å². The molecule has 0 aliphatic heterocycles. The van der Waals surface area contributed by atoms with Gasteiger partial charge in [0.25, 0.3) is 0 Å². The SMILES string of the molecule is CSc1nc(Cl)nc(-c2ccco2)c1C(=O)OCCCCN. The molecule has 8 heteroatoms. The fourth-order valence-corrected chi connectivity index (χ4v) is 2.60. The first-order valence-electron chi connectivity index (χ1n) is 6.70. The van der Waals surface area contributed by atoms with E-state index in [9.17, 15) is 4.79 Å². The average Bonchev–Trinajstić information content (AvgIpc) is 3.04. The van der Waals surface area contributed by atoms with Crippen LogP contribution in [0.15, 0.2) is 27.8 Å². The molecule has 2 N–H and O–H groups in total. The Morgan fingerprint density at radius 1 is 1.45 bits per heavy atom. The molecule has 2 rings (SSSR count). The van der Waals surface area contributed by atoms with Crippen LogP contribution in [0.4, 0.5) is 0 Å². The smallest absolute Gasteiger partial charge is 0.343 e. The summed E-state index contributed by atoms with van der Waals surface area (Å²) in [5.74, 6) is -0.0575. The minimum Gasteiger partial charge on any atom is -0.463 e. The van der Waals surface area contributed by atoms with E-state index in [0.717, 1.165) is 6.42 Å². The number of hydrogen-bond donors (Lipinski definition) is 1. The molecular formula is C14H16ClN3O3S. The predicted molar refractivity (Wildman–Crippen MR) is 85.1 cm³/mol. The van der Waals surface area contributed by atoms with E-state index in [0.29, 0.717) is 36.1 Å². The molecule has 0 spiro atoms. The first kappa shape index (κ1) is 16.8. The summed E-state index contributed by atoms with van der Waals surface area (Å²) in [6, 6.07) is 3.41. The molecular weight excluding hydrogens is 326 g/mol. The molecule has 2 aromatic rings. The largest absolute Gasteiger partial charge is 0.463 e. The van der Waals surface area contributed by atoms with Crippen LogP contribution < -0.4 is 5.73 Å². The molecule has 0 atom stereocenters. The van der Waals surface area contributed by atoms with Gasteiger partial charge in [-0.25, -0.2) is 14.8 Å². The van der Waals surface area contributed by atoms with Crippen molar-refractivity contribution in [2.75, 3.05) is 19.4 Å². The van der Waals surface area contributed by atoms with E-state index < -0.39 is 5.97 Å². The van der Waals surface area contributed by atoms with Crippen molar-refractivity contribution in [3.63, 3.8) is 0 Å². The summed E-state index contributed by atoms with van der Waals surface area (Å²) in [6.45, 7) is 0.861. The number of carbonyl (C=O) groups is 1. The summed E-state index contributed by atoms with van der Waals surface area (Å²) in [4.78, 5) is 20.6. The monoisotopic (exact) mass is 341 g/mol. The van der Waals surface area contributed by atoms with Crippen LogP contribution in [0.5, 0.6) is 0 Å². The normalized spacial score (nSPS) is 10.7. The van der Waals surface area contributed by atoms with Gasteiger partial charge in [0.05, 0.1) is 12.9 Å². The van der Waals surface area contributed by atoms with Gasteiger partial charge in [-0.2, -0.15) is 0 Å². The molecule has 0 saturated carbocycles. The molecule has 0 aromatic carbocycles. The molecule has 6 nitrogen and oxygen atoms in total. The van der Waals surface area contributed by atoms with Gasteiger partial charge in [0.1, 0.15) is 16.3 Å². The second-order valence-corrected chi connectivity index (χ2v) is 5.47. The van der Waals surface area contributed by atoms with Crippen molar-refractivity contribution in [3.05, 3.63) is 29.2 Å². The molecule has 22 heavy (non-hydrogen) atoms. The maximum Gasteiger partial charge on any atom is 0.343 e. The number of nitrogens with two attached hydrogens (primary N) is 1. The Bertz CT molecular complexity index is 635. The first-order valence-corrected chi connectivity index (χ1v) is 8.30. The zero-order valence-corrected chi connectivity index (χ0v) is 13.6. The number of aromatic nitrogens is 2. The number of carbonyl (C=O) groups excluding carboxylic acids is 1. The number of esters is 1. The van der Waals surface area contributed by atoms with Crippen molar-refractivity contribution >= 4 is 29.3 Å². The maximum atomic E-state index is 12.4.